The lowest BCUT2D eigenvalue weighted by atomic mass is 10.0. The third-order valence-corrected chi connectivity index (χ3v) is 4.02. The van der Waals surface area contributed by atoms with Gasteiger partial charge in [-0.1, -0.05) is 0 Å². The Labute approximate surface area is 120 Å². The summed E-state index contributed by atoms with van der Waals surface area (Å²) in [6.07, 6.45) is 4.01. The summed E-state index contributed by atoms with van der Waals surface area (Å²) in [5.74, 6) is -1.13. The lowest BCUT2D eigenvalue weighted by molar-refractivity contribution is 0.0600. The fraction of sp³-hybridized carbons (Fsp3) is 0.400. The molecule has 1 heterocycles. The number of nitriles is 1. The van der Waals surface area contributed by atoms with Crippen LogP contribution in [0.1, 0.15) is 29.6 Å². The Morgan fingerprint density at radius 3 is 2.95 bits per heavy atom. The minimum Gasteiger partial charge on any atom is -0.465 e. The van der Waals surface area contributed by atoms with Gasteiger partial charge >= 0.3 is 5.97 Å². The Balaban J connectivity index is 2.02. The Morgan fingerprint density at radius 1 is 1.57 bits per heavy atom. The van der Waals surface area contributed by atoms with E-state index in [1.165, 1.54) is 7.11 Å². The van der Waals surface area contributed by atoms with Crippen molar-refractivity contribution in [1.29, 1.82) is 5.26 Å². The summed E-state index contributed by atoms with van der Waals surface area (Å²) >= 11 is 0. The molecule has 1 aromatic carbocycles. The highest BCUT2D eigenvalue weighted by atomic mass is 19.1. The van der Waals surface area contributed by atoms with E-state index >= 15 is 0 Å². The normalized spacial score (nSPS) is 15.7. The van der Waals surface area contributed by atoms with Crippen LogP contribution in [-0.2, 0) is 11.3 Å². The number of carbonyl (C=O) groups is 1. The molecule has 5 nitrogen and oxygen atoms in total. The van der Waals surface area contributed by atoms with E-state index in [1.807, 2.05) is 4.57 Å². The highest BCUT2D eigenvalue weighted by molar-refractivity contribution is 5.93. The molecule has 2 aromatic rings. The van der Waals surface area contributed by atoms with E-state index < -0.39 is 11.8 Å². The molecule has 1 saturated carbocycles. The van der Waals surface area contributed by atoms with Gasteiger partial charge in [0.25, 0.3) is 0 Å². The van der Waals surface area contributed by atoms with Crippen molar-refractivity contribution in [1.82, 2.24) is 9.55 Å². The molecule has 0 unspecified atom stereocenters. The van der Waals surface area contributed by atoms with Crippen LogP contribution in [0.4, 0.5) is 4.39 Å². The summed E-state index contributed by atoms with van der Waals surface area (Å²) in [6, 6.07) is 4.91. The number of hydrogen-bond donors (Lipinski definition) is 0. The maximum absolute atomic E-state index is 14.0. The van der Waals surface area contributed by atoms with E-state index in [4.69, 9.17) is 5.26 Å². The summed E-state index contributed by atoms with van der Waals surface area (Å²) in [4.78, 5) is 15.7. The molecule has 1 aliphatic carbocycles. The molecule has 0 N–H and O–H groups in total. The van der Waals surface area contributed by atoms with E-state index in [2.05, 4.69) is 15.8 Å². The zero-order valence-corrected chi connectivity index (χ0v) is 11.6. The second-order valence-electron chi connectivity index (χ2n) is 5.52. The molecule has 108 valence electrons. The van der Waals surface area contributed by atoms with Crippen LogP contribution in [-0.4, -0.2) is 22.6 Å². The lowest BCUT2D eigenvalue weighted by Crippen LogP contribution is -2.11. The van der Waals surface area contributed by atoms with E-state index in [0.29, 0.717) is 18.5 Å². The standard InChI is InChI=1S/C15H14FN3O2/c1-21-14(20)10-6-11(16)13-12(7-10)19(9-18-13)8-15(2-3-15)4-5-17/h6-7,9H,2-4,8H2,1H3. The molecule has 0 radical (unpaired) electrons. The molecular formula is C15H14FN3O2. The first kappa shape index (κ1) is 13.6. The van der Waals surface area contributed by atoms with Gasteiger partial charge < -0.3 is 9.30 Å². The summed E-state index contributed by atoms with van der Waals surface area (Å²) in [6.45, 7) is 0.612. The van der Waals surface area contributed by atoms with Crippen LogP contribution in [0.15, 0.2) is 18.5 Å². The predicted octanol–water partition coefficient (Wildman–Crippen LogP) is 2.66. The molecule has 3 rings (SSSR count). The molecule has 0 atom stereocenters. The van der Waals surface area contributed by atoms with Gasteiger partial charge in [-0.15, -0.1) is 0 Å². The number of ether oxygens (including phenoxy) is 1. The first-order chi connectivity index (χ1) is 10.1. The Morgan fingerprint density at radius 2 is 2.33 bits per heavy atom. The third kappa shape index (κ3) is 2.35. The van der Waals surface area contributed by atoms with Crippen molar-refractivity contribution in [3.05, 3.63) is 29.8 Å². The lowest BCUT2D eigenvalue weighted by Gasteiger charge is -2.12. The zero-order valence-electron chi connectivity index (χ0n) is 11.6. The first-order valence-electron chi connectivity index (χ1n) is 6.68. The number of fused-ring (bicyclic) bond motifs is 1. The van der Waals surface area contributed by atoms with Gasteiger partial charge in [0.2, 0.25) is 0 Å². The van der Waals surface area contributed by atoms with Gasteiger partial charge in [0, 0.05) is 18.4 Å². The van der Waals surface area contributed by atoms with Gasteiger partial charge in [-0.25, -0.2) is 14.2 Å². The van der Waals surface area contributed by atoms with Crippen LogP contribution >= 0.6 is 0 Å². The first-order valence-corrected chi connectivity index (χ1v) is 6.68. The number of rotatable bonds is 4. The molecule has 21 heavy (non-hydrogen) atoms. The van der Waals surface area contributed by atoms with E-state index in [9.17, 15) is 9.18 Å². The number of carbonyl (C=O) groups excluding carboxylic acids is 1. The molecule has 1 aromatic heterocycles. The van der Waals surface area contributed by atoms with Crippen LogP contribution in [0.25, 0.3) is 11.0 Å². The zero-order chi connectivity index (χ0) is 15.0. The minimum atomic E-state index is -0.582. The number of imidazole rings is 1. The average Bonchev–Trinajstić information content (AvgIpc) is 3.10. The molecule has 6 heteroatoms. The molecule has 0 saturated heterocycles. The second-order valence-corrected chi connectivity index (χ2v) is 5.52. The second kappa shape index (κ2) is 4.85. The quantitative estimate of drug-likeness (QED) is 0.811. The van der Waals surface area contributed by atoms with Gasteiger partial charge in [0.1, 0.15) is 5.52 Å². The SMILES string of the molecule is COC(=O)c1cc(F)c2ncn(CC3(CC#N)CC3)c2c1. The van der Waals surface area contributed by atoms with Crippen molar-refractivity contribution in [2.75, 3.05) is 7.11 Å². The number of esters is 1. The molecule has 0 aliphatic heterocycles. The van der Waals surface area contributed by atoms with Crippen LogP contribution in [0.3, 0.4) is 0 Å². The molecule has 1 fully saturated rings. The molecule has 0 bridgehead atoms. The van der Waals surface area contributed by atoms with Crippen molar-refractivity contribution in [2.45, 2.75) is 25.8 Å². The maximum atomic E-state index is 14.0. The van der Waals surface area contributed by atoms with Gasteiger partial charge in [-0.05, 0) is 25.0 Å². The van der Waals surface area contributed by atoms with Crippen LogP contribution < -0.4 is 0 Å². The summed E-state index contributed by atoms with van der Waals surface area (Å²) in [7, 11) is 1.26. The minimum absolute atomic E-state index is 0.0277. The fourth-order valence-corrected chi connectivity index (χ4v) is 2.58. The van der Waals surface area contributed by atoms with Gasteiger partial charge in [0.15, 0.2) is 5.82 Å². The smallest absolute Gasteiger partial charge is 0.338 e. The van der Waals surface area contributed by atoms with Crippen molar-refractivity contribution < 1.29 is 13.9 Å². The van der Waals surface area contributed by atoms with Crippen LogP contribution in [0.2, 0.25) is 0 Å². The third-order valence-electron chi connectivity index (χ3n) is 4.02. The molecule has 0 amide bonds. The highest BCUT2D eigenvalue weighted by Crippen LogP contribution is 2.50. The topological polar surface area (TPSA) is 67.9 Å². The number of hydrogen-bond acceptors (Lipinski definition) is 4. The number of methoxy groups -OCH3 is 1. The Bertz CT molecular complexity index is 756. The molecule has 1 aliphatic rings. The number of aromatic nitrogens is 2. The largest absolute Gasteiger partial charge is 0.465 e. The van der Waals surface area contributed by atoms with Crippen molar-refractivity contribution >= 4 is 17.0 Å². The predicted molar refractivity (Wildman–Crippen MR) is 72.9 cm³/mol. The summed E-state index contributed by atoms with van der Waals surface area (Å²) < 4.78 is 20.5. The number of halogens is 1. The fourth-order valence-electron chi connectivity index (χ4n) is 2.58. The summed E-state index contributed by atoms with van der Waals surface area (Å²) in [5.41, 5.74) is 0.921. The van der Waals surface area contributed by atoms with Gasteiger partial charge in [-0.3, -0.25) is 0 Å². The molecule has 0 spiro atoms. The summed E-state index contributed by atoms with van der Waals surface area (Å²) in [5, 5.41) is 8.88. The highest BCUT2D eigenvalue weighted by Gasteiger charge is 2.43. The van der Waals surface area contributed by atoms with Crippen molar-refractivity contribution in [2.24, 2.45) is 5.41 Å². The van der Waals surface area contributed by atoms with E-state index in [0.717, 1.165) is 18.9 Å². The molecular weight excluding hydrogens is 273 g/mol. The number of nitrogens with zero attached hydrogens (tertiary/aromatic N) is 3. The Hall–Kier alpha value is -2.42. The van der Waals surface area contributed by atoms with Gasteiger partial charge in [-0.2, -0.15) is 5.26 Å². The monoisotopic (exact) mass is 287 g/mol. The maximum Gasteiger partial charge on any atom is 0.338 e. The van der Waals surface area contributed by atoms with Crippen molar-refractivity contribution in [3.63, 3.8) is 0 Å². The average molecular weight is 287 g/mol. The van der Waals surface area contributed by atoms with Crippen LogP contribution in [0, 0.1) is 22.6 Å². The van der Waals surface area contributed by atoms with Crippen molar-refractivity contribution in [3.8, 4) is 6.07 Å². The van der Waals surface area contributed by atoms with Crippen LogP contribution in [0.5, 0.6) is 0 Å². The van der Waals surface area contributed by atoms with Gasteiger partial charge in [0.05, 0.1) is 30.6 Å². The Kier molecular flexibility index (Phi) is 3.13. The van der Waals surface area contributed by atoms with E-state index in [1.54, 1.807) is 12.4 Å². The van der Waals surface area contributed by atoms with E-state index in [-0.39, 0.29) is 16.5 Å². The number of benzene rings is 1.